The van der Waals surface area contributed by atoms with Crippen LogP contribution in [0.15, 0.2) is 77.4 Å². The third-order valence-corrected chi connectivity index (χ3v) is 5.08. The summed E-state index contributed by atoms with van der Waals surface area (Å²) in [7, 11) is 0. The minimum absolute atomic E-state index is 0.0152. The molecule has 0 aliphatic heterocycles. The van der Waals surface area contributed by atoms with Crippen LogP contribution < -0.4 is 5.32 Å². The lowest BCUT2D eigenvalue weighted by Gasteiger charge is -2.10. The second kappa shape index (κ2) is 10.3. The zero-order chi connectivity index (χ0) is 20.5. The van der Waals surface area contributed by atoms with Gasteiger partial charge in [-0.15, -0.1) is 0 Å². The first-order chi connectivity index (χ1) is 14.1. The second-order valence-electron chi connectivity index (χ2n) is 6.16. The van der Waals surface area contributed by atoms with E-state index in [4.69, 9.17) is 4.42 Å². The quantitative estimate of drug-likeness (QED) is 0.181. The highest BCUT2D eigenvalue weighted by molar-refractivity contribution is 7.98. The van der Waals surface area contributed by atoms with E-state index in [0.717, 1.165) is 28.4 Å². The molecule has 3 aromatic rings. The molecule has 3 rings (SSSR count). The number of hydrogen-bond acceptors (Lipinski definition) is 5. The van der Waals surface area contributed by atoms with Gasteiger partial charge in [0.25, 0.3) is 11.6 Å². The summed E-state index contributed by atoms with van der Waals surface area (Å²) in [6.45, 7) is 0.522. The molecule has 0 spiro atoms. The van der Waals surface area contributed by atoms with Crippen molar-refractivity contribution >= 4 is 35.0 Å². The number of nitro benzene ring substituents is 1. The van der Waals surface area contributed by atoms with E-state index >= 15 is 0 Å². The van der Waals surface area contributed by atoms with Crippen LogP contribution in [0.5, 0.6) is 0 Å². The first-order valence-corrected chi connectivity index (χ1v) is 10.2. The molecule has 29 heavy (non-hydrogen) atoms. The number of carbonyl (C=O) groups excluding carboxylic acids is 1. The van der Waals surface area contributed by atoms with E-state index in [0.29, 0.717) is 12.1 Å². The summed E-state index contributed by atoms with van der Waals surface area (Å²) in [5.41, 5.74) is 2.03. The van der Waals surface area contributed by atoms with Crippen LogP contribution in [0.25, 0.3) is 11.6 Å². The van der Waals surface area contributed by atoms with Gasteiger partial charge < -0.3 is 9.73 Å². The number of furan rings is 1. The van der Waals surface area contributed by atoms with E-state index in [2.05, 4.69) is 5.32 Å². The van der Waals surface area contributed by atoms with Crippen LogP contribution in [0.4, 0.5) is 5.69 Å². The molecule has 0 bridgehead atoms. The van der Waals surface area contributed by atoms with Crippen LogP contribution in [0.3, 0.4) is 0 Å². The molecule has 0 aliphatic rings. The third kappa shape index (κ3) is 6.08. The Morgan fingerprint density at radius 2 is 1.83 bits per heavy atom. The van der Waals surface area contributed by atoms with Gasteiger partial charge in [0.15, 0.2) is 0 Å². The molecule has 1 heterocycles. The average molecular weight is 408 g/mol. The topological polar surface area (TPSA) is 85.4 Å². The lowest BCUT2D eigenvalue weighted by atomic mass is 10.0. The van der Waals surface area contributed by atoms with Gasteiger partial charge >= 0.3 is 0 Å². The Morgan fingerprint density at radius 1 is 1.07 bits per heavy atom. The monoisotopic (exact) mass is 408 g/mol. The number of thioether (sulfide) groups is 1. The molecular formula is C22H20N2O4S. The first-order valence-electron chi connectivity index (χ1n) is 9.03. The zero-order valence-electron chi connectivity index (χ0n) is 15.6. The van der Waals surface area contributed by atoms with Crippen LogP contribution in [0.2, 0.25) is 0 Å². The van der Waals surface area contributed by atoms with Gasteiger partial charge in [-0.3, -0.25) is 14.9 Å². The maximum absolute atomic E-state index is 12.8. The molecule has 0 radical (unpaired) electrons. The number of hydrogen-bond donors (Lipinski definition) is 1. The minimum atomic E-state index is -0.446. The van der Waals surface area contributed by atoms with Crippen LogP contribution in [-0.2, 0) is 10.5 Å². The average Bonchev–Trinajstić information content (AvgIpc) is 3.26. The highest BCUT2D eigenvalue weighted by Crippen LogP contribution is 2.20. The van der Waals surface area contributed by atoms with Crippen molar-refractivity contribution in [1.82, 2.24) is 5.32 Å². The summed E-state index contributed by atoms with van der Waals surface area (Å²) < 4.78 is 5.29. The fourth-order valence-corrected chi connectivity index (χ4v) is 3.41. The number of non-ortho nitro benzene ring substituents is 1. The van der Waals surface area contributed by atoms with Crippen LogP contribution in [-0.4, -0.2) is 23.1 Å². The molecule has 0 saturated carbocycles. The molecule has 148 valence electrons. The fourth-order valence-electron chi connectivity index (χ4n) is 2.66. The van der Waals surface area contributed by atoms with Gasteiger partial charge in [-0.25, -0.2) is 0 Å². The molecule has 1 N–H and O–H groups in total. The molecule has 0 atom stereocenters. The van der Waals surface area contributed by atoms with Crippen molar-refractivity contribution in [1.29, 1.82) is 0 Å². The van der Waals surface area contributed by atoms with Crippen molar-refractivity contribution in [2.75, 3.05) is 12.3 Å². The van der Waals surface area contributed by atoms with E-state index in [1.807, 2.05) is 42.5 Å². The van der Waals surface area contributed by atoms with Crippen LogP contribution >= 0.6 is 11.8 Å². The van der Waals surface area contributed by atoms with E-state index in [9.17, 15) is 14.9 Å². The summed E-state index contributed by atoms with van der Waals surface area (Å²) in [6, 6.07) is 19.2. The molecule has 1 aromatic heterocycles. The third-order valence-electron chi connectivity index (χ3n) is 4.10. The van der Waals surface area contributed by atoms with Gasteiger partial charge in [0.1, 0.15) is 5.76 Å². The highest BCUT2D eigenvalue weighted by atomic mass is 32.2. The summed E-state index contributed by atoms with van der Waals surface area (Å²) >= 11 is 1.68. The first kappa shape index (κ1) is 20.4. The molecule has 0 saturated heterocycles. The zero-order valence-corrected chi connectivity index (χ0v) is 16.4. The molecule has 7 heteroatoms. The molecule has 0 fully saturated rings. The molecule has 6 nitrogen and oxygen atoms in total. The van der Waals surface area contributed by atoms with Crippen molar-refractivity contribution < 1.29 is 14.1 Å². The maximum Gasteiger partial charge on any atom is 0.269 e. The molecule has 0 unspecified atom stereocenters. The Bertz CT molecular complexity index is 968. The second-order valence-corrected chi connectivity index (χ2v) is 7.27. The molecule has 1 amide bonds. The number of carbonyl (C=O) groups is 1. The Kier molecular flexibility index (Phi) is 7.24. The molecule has 0 aliphatic carbocycles. The largest absolute Gasteiger partial charge is 0.468 e. The van der Waals surface area contributed by atoms with Gasteiger partial charge in [0, 0.05) is 30.0 Å². The summed E-state index contributed by atoms with van der Waals surface area (Å²) in [4.78, 5) is 23.2. The van der Waals surface area contributed by atoms with Crippen molar-refractivity contribution in [3.63, 3.8) is 0 Å². The van der Waals surface area contributed by atoms with E-state index in [-0.39, 0.29) is 11.6 Å². The Hall–Kier alpha value is -3.32. The number of nitro groups is 1. The lowest BCUT2D eigenvalue weighted by molar-refractivity contribution is -0.384. The maximum atomic E-state index is 12.8. The summed E-state index contributed by atoms with van der Waals surface area (Å²) in [5.74, 6) is 2.23. The van der Waals surface area contributed by atoms with E-state index in [1.165, 1.54) is 12.1 Å². The van der Waals surface area contributed by atoms with E-state index < -0.39 is 4.92 Å². The molecular weight excluding hydrogens is 388 g/mol. The smallest absolute Gasteiger partial charge is 0.269 e. The highest BCUT2D eigenvalue weighted by Gasteiger charge is 2.12. The van der Waals surface area contributed by atoms with Crippen LogP contribution in [0, 0.1) is 10.1 Å². The fraction of sp³-hybridized carbons (Fsp3) is 0.136. The van der Waals surface area contributed by atoms with Gasteiger partial charge in [0.05, 0.1) is 16.9 Å². The Labute approximate surface area is 172 Å². The SMILES string of the molecule is O=C(NCCSCc1ccco1)/C(=C/c1ccc([N+](=O)[O-])cc1)c1ccccc1. The standard InChI is InChI=1S/C22H20N2O4S/c25-22(23-12-14-29-16-20-7-4-13-28-20)21(18-5-2-1-3-6-18)15-17-8-10-19(11-9-17)24(26)27/h1-11,13,15H,12,14,16H2,(H,23,25)/b21-15+. The number of nitrogens with one attached hydrogen (secondary N) is 1. The van der Waals surface area contributed by atoms with Crippen molar-refractivity contribution in [2.45, 2.75) is 5.75 Å². The Morgan fingerprint density at radius 3 is 2.48 bits per heavy atom. The number of nitrogens with zero attached hydrogens (tertiary/aromatic N) is 1. The van der Waals surface area contributed by atoms with Gasteiger partial charge in [-0.05, 0) is 41.5 Å². The lowest BCUT2D eigenvalue weighted by Crippen LogP contribution is -2.26. The van der Waals surface area contributed by atoms with Crippen molar-refractivity contribution in [3.05, 3.63) is 100.0 Å². The van der Waals surface area contributed by atoms with Crippen molar-refractivity contribution in [3.8, 4) is 0 Å². The number of amides is 1. The van der Waals surface area contributed by atoms with Crippen molar-refractivity contribution in [2.24, 2.45) is 0 Å². The number of rotatable bonds is 9. The van der Waals surface area contributed by atoms with E-state index in [1.54, 1.807) is 36.2 Å². The molecule has 2 aromatic carbocycles. The summed E-state index contributed by atoms with van der Waals surface area (Å²) in [6.07, 6.45) is 3.39. The predicted octanol–water partition coefficient (Wildman–Crippen LogP) is 4.78. The minimum Gasteiger partial charge on any atom is -0.468 e. The normalized spacial score (nSPS) is 11.2. The van der Waals surface area contributed by atoms with Gasteiger partial charge in [-0.2, -0.15) is 11.8 Å². The number of benzene rings is 2. The summed E-state index contributed by atoms with van der Waals surface area (Å²) in [5, 5.41) is 13.8. The predicted molar refractivity (Wildman–Crippen MR) is 115 cm³/mol. The van der Waals surface area contributed by atoms with Gasteiger partial charge in [-0.1, -0.05) is 30.3 Å². The van der Waals surface area contributed by atoms with Crippen LogP contribution in [0.1, 0.15) is 16.9 Å². The Balaban J connectivity index is 1.66. The van der Waals surface area contributed by atoms with Gasteiger partial charge in [0.2, 0.25) is 0 Å².